The average molecular weight is 318 g/mol. The summed E-state index contributed by atoms with van der Waals surface area (Å²) in [6, 6.07) is 9.36. The standard InChI is InChI=1S/C15H18N4O2S/c20-10-15(8-4-5-9-15)17-13(21)16-14-19-18-12(22-14)11-6-2-1-3-7-11/h1-3,6-7,20H,4-5,8-10H2,(H2,16,17,19,21). The molecule has 6 nitrogen and oxygen atoms in total. The molecule has 22 heavy (non-hydrogen) atoms. The van der Waals surface area contributed by atoms with Crippen molar-refractivity contribution in [3.63, 3.8) is 0 Å². The van der Waals surface area contributed by atoms with Crippen LogP contribution in [0.25, 0.3) is 10.6 Å². The normalized spacial score (nSPS) is 16.4. The predicted octanol–water partition coefficient (Wildman–Crippen LogP) is 2.63. The van der Waals surface area contributed by atoms with E-state index in [-0.39, 0.29) is 12.6 Å². The number of nitrogens with zero attached hydrogens (tertiary/aromatic N) is 2. The number of aliphatic hydroxyl groups is 1. The number of nitrogens with one attached hydrogen (secondary N) is 2. The maximum Gasteiger partial charge on any atom is 0.321 e. The highest BCUT2D eigenvalue weighted by molar-refractivity contribution is 7.18. The summed E-state index contributed by atoms with van der Waals surface area (Å²) in [6.07, 6.45) is 3.67. The lowest BCUT2D eigenvalue weighted by atomic mass is 9.99. The van der Waals surface area contributed by atoms with E-state index < -0.39 is 5.54 Å². The first kappa shape index (κ1) is 14.9. The number of aromatic nitrogens is 2. The van der Waals surface area contributed by atoms with Gasteiger partial charge in [-0.2, -0.15) is 0 Å². The van der Waals surface area contributed by atoms with Gasteiger partial charge in [0.25, 0.3) is 0 Å². The van der Waals surface area contributed by atoms with Crippen LogP contribution < -0.4 is 10.6 Å². The van der Waals surface area contributed by atoms with Crippen molar-refractivity contribution in [2.45, 2.75) is 31.2 Å². The van der Waals surface area contributed by atoms with Gasteiger partial charge in [0, 0.05) is 5.56 Å². The minimum atomic E-state index is -0.489. The second-order valence-corrected chi connectivity index (χ2v) is 6.48. The van der Waals surface area contributed by atoms with E-state index in [0.717, 1.165) is 36.3 Å². The van der Waals surface area contributed by atoms with Crippen LogP contribution in [0.4, 0.5) is 9.93 Å². The first-order valence-electron chi connectivity index (χ1n) is 7.30. The fraction of sp³-hybridized carbons (Fsp3) is 0.400. The fourth-order valence-corrected chi connectivity index (χ4v) is 3.46. The summed E-state index contributed by atoms with van der Waals surface area (Å²) in [5.41, 5.74) is 0.480. The van der Waals surface area contributed by atoms with E-state index in [4.69, 9.17) is 0 Å². The molecule has 0 radical (unpaired) electrons. The summed E-state index contributed by atoms with van der Waals surface area (Å²) >= 11 is 1.32. The topological polar surface area (TPSA) is 87.1 Å². The SMILES string of the molecule is O=C(Nc1nnc(-c2ccccc2)s1)NC1(CO)CCCC1. The average Bonchev–Trinajstić information content (AvgIpc) is 3.18. The van der Waals surface area contributed by atoms with Gasteiger partial charge in [-0.25, -0.2) is 4.79 Å². The van der Waals surface area contributed by atoms with Gasteiger partial charge in [0.1, 0.15) is 5.01 Å². The Balaban J connectivity index is 1.64. The Morgan fingerprint density at radius 2 is 1.95 bits per heavy atom. The molecule has 0 bridgehead atoms. The minimum Gasteiger partial charge on any atom is -0.394 e. The van der Waals surface area contributed by atoms with E-state index >= 15 is 0 Å². The first-order chi connectivity index (χ1) is 10.7. The zero-order chi connectivity index (χ0) is 15.4. The third-order valence-electron chi connectivity index (χ3n) is 3.91. The van der Waals surface area contributed by atoms with Crippen molar-refractivity contribution in [2.75, 3.05) is 11.9 Å². The lowest BCUT2D eigenvalue weighted by Crippen LogP contribution is -2.50. The van der Waals surface area contributed by atoms with Gasteiger partial charge >= 0.3 is 6.03 Å². The van der Waals surface area contributed by atoms with Crippen molar-refractivity contribution in [3.8, 4) is 10.6 Å². The Kier molecular flexibility index (Phi) is 4.35. The van der Waals surface area contributed by atoms with Crippen LogP contribution in [0.1, 0.15) is 25.7 Å². The molecule has 1 aromatic heterocycles. The lowest BCUT2D eigenvalue weighted by Gasteiger charge is -2.27. The molecule has 3 N–H and O–H groups in total. The molecule has 2 aromatic rings. The van der Waals surface area contributed by atoms with Gasteiger partial charge in [0.2, 0.25) is 5.13 Å². The largest absolute Gasteiger partial charge is 0.394 e. The highest BCUT2D eigenvalue weighted by atomic mass is 32.1. The van der Waals surface area contributed by atoms with Crippen LogP contribution in [0.5, 0.6) is 0 Å². The van der Waals surface area contributed by atoms with Gasteiger partial charge in [-0.05, 0) is 12.8 Å². The zero-order valence-corrected chi connectivity index (χ0v) is 12.9. The molecule has 1 aliphatic rings. The van der Waals surface area contributed by atoms with Gasteiger partial charge in [-0.1, -0.05) is 54.5 Å². The Hall–Kier alpha value is -1.99. The molecule has 1 heterocycles. The number of hydrogen-bond donors (Lipinski definition) is 3. The molecule has 3 rings (SSSR count). The monoisotopic (exact) mass is 318 g/mol. The van der Waals surface area contributed by atoms with Crippen LogP contribution in [-0.2, 0) is 0 Å². The molecule has 0 aliphatic heterocycles. The molecule has 2 amide bonds. The predicted molar refractivity (Wildman–Crippen MR) is 85.8 cm³/mol. The number of anilines is 1. The van der Waals surface area contributed by atoms with Gasteiger partial charge in [-0.15, -0.1) is 10.2 Å². The molecule has 1 aliphatic carbocycles. The molecule has 1 fully saturated rings. The molecular formula is C15H18N4O2S. The van der Waals surface area contributed by atoms with E-state index in [1.165, 1.54) is 11.3 Å². The molecule has 116 valence electrons. The smallest absolute Gasteiger partial charge is 0.321 e. The number of aliphatic hydroxyl groups excluding tert-OH is 1. The van der Waals surface area contributed by atoms with Gasteiger partial charge in [0.15, 0.2) is 0 Å². The number of urea groups is 1. The number of amides is 2. The van der Waals surface area contributed by atoms with Crippen LogP contribution in [0.15, 0.2) is 30.3 Å². The fourth-order valence-electron chi connectivity index (χ4n) is 2.71. The summed E-state index contributed by atoms with van der Waals surface area (Å²) in [5, 5.41) is 24.4. The van der Waals surface area contributed by atoms with Crippen molar-refractivity contribution in [2.24, 2.45) is 0 Å². The van der Waals surface area contributed by atoms with Crippen LogP contribution >= 0.6 is 11.3 Å². The Labute approximate surface area is 132 Å². The number of rotatable bonds is 4. The summed E-state index contributed by atoms with van der Waals surface area (Å²) in [5.74, 6) is 0. The first-order valence-corrected chi connectivity index (χ1v) is 8.11. The van der Waals surface area contributed by atoms with Crippen molar-refractivity contribution >= 4 is 22.5 Å². The molecule has 7 heteroatoms. The van der Waals surface area contributed by atoms with Crippen LogP contribution in [0.2, 0.25) is 0 Å². The van der Waals surface area contributed by atoms with Crippen molar-refractivity contribution in [3.05, 3.63) is 30.3 Å². The summed E-state index contributed by atoms with van der Waals surface area (Å²) in [4.78, 5) is 12.1. The van der Waals surface area contributed by atoms with Crippen LogP contribution in [0, 0.1) is 0 Å². The molecular weight excluding hydrogens is 300 g/mol. The molecule has 0 unspecified atom stereocenters. The maximum atomic E-state index is 12.1. The van der Waals surface area contributed by atoms with Crippen LogP contribution in [-0.4, -0.2) is 33.5 Å². The molecule has 1 aromatic carbocycles. The number of benzene rings is 1. The molecule has 1 saturated carbocycles. The van der Waals surface area contributed by atoms with Gasteiger partial charge in [0.05, 0.1) is 12.1 Å². The number of carbonyl (C=O) groups is 1. The number of hydrogen-bond acceptors (Lipinski definition) is 5. The quantitative estimate of drug-likeness (QED) is 0.809. The Morgan fingerprint density at radius 1 is 1.23 bits per heavy atom. The third kappa shape index (κ3) is 3.26. The summed E-state index contributed by atoms with van der Waals surface area (Å²) < 4.78 is 0. The molecule has 0 saturated heterocycles. The van der Waals surface area contributed by atoms with E-state index in [2.05, 4.69) is 20.8 Å². The molecule has 0 atom stereocenters. The summed E-state index contributed by atoms with van der Waals surface area (Å²) in [7, 11) is 0. The third-order valence-corrected chi connectivity index (χ3v) is 4.80. The lowest BCUT2D eigenvalue weighted by molar-refractivity contribution is 0.167. The Morgan fingerprint density at radius 3 is 2.64 bits per heavy atom. The van der Waals surface area contributed by atoms with Gasteiger partial charge in [-0.3, -0.25) is 5.32 Å². The number of carbonyl (C=O) groups excluding carboxylic acids is 1. The zero-order valence-electron chi connectivity index (χ0n) is 12.1. The second kappa shape index (κ2) is 6.41. The van der Waals surface area contributed by atoms with Gasteiger partial charge < -0.3 is 10.4 Å². The van der Waals surface area contributed by atoms with E-state index in [1.807, 2.05) is 30.3 Å². The van der Waals surface area contributed by atoms with E-state index in [9.17, 15) is 9.90 Å². The highest BCUT2D eigenvalue weighted by Gasteiger charge is 2.34. The van der Waals surface area contributed by atoms with E-state index in [1.54, 1.807) is 0 Å². The van der Waals surface area contributed by atoms with Crippen LogP contribution in [0.3, 0.4) is 0 Å². The minimum absolute atomic E-state index is 0.0359. The van der Waals surface area contributed by atoms with Crippen molar-refractivity contribution in [1.82, 2.24) is 15.5 Å². The van der Waals surface area contributed by atoms with E-state index in [0.29, 0.717) is 5.13 Å². The highest BCUT2D eigenvalue weighted by Crippen LogP contribution is 2.30. The van der Waals surface area contributed by atoms with Crippen molar-refractivity contribution < 1.29 is 9.90 Å². The maximum absolute atomic E-state index is 12.1. The van der Waals surface area contributed by atoms with Crippen molar-refractivity contribution in [1.29, 1.82) is 0 Å². The summed E-state index contributed by atoms with van der Waals surface area (Å²) in [6.45, 7) is -0.0359. The Bertz CT molecular complexity index is 638. The molecule has 0 spiro atoms. The second-order valence-electron chi connectivity index (χ2n) is 5.50.